The first-order chi connectivity index (χ1) is 8.90. The summed E-state index contributed by atoms with van der Waals surface area (Å²) in [5, 5.41) is 8.78. The molecule has 4 nitrogen and oxygen atoms in total. The highest BCUT2D eigenvalue weighted by molar-refractivity contribution is 5.69. The van der Waals surface area contributed by atoms with Crippen molar-refractivity contribution in [3.05, 3.63) is 11.6 Å². The van der Waals surface area contributed by atoms with Crippen LogP contribution >= 0.6 is 0 Å². The van der Waals surface area contributed by atoms with Crippen LogP contribution in [-0.4, -0.2) is 28.7 Å². The van der Waals surface area contributed by atoms with E-state index in [2.05, 4.69) is 6.07 Å². The number of ether oxygens (including phenoxy) is 1. The summed E-state index contributed by atoms with van der Waals surface area (Å²) >= 11 is 0. The van der Waals surface area contributed by atoms with Gasteiger partial charge in [-0.1, -0.05) is 5.57 Å². The maximum Gasteiger partial charge on any atom is 0.410 e. The maximum atomic E-state index is 12.3. The minimum atomic E-state index is -0.450. The highest BCUT2D eigenvalue weighted by Gasteiger charge is 2.40. The van der Waals surface area contributed by atoms with Gasteiger partial charge in [0.15, 0.2) is 0 Å². The van der Waals surface area contributed by atoms with Gasteiger partial charge in [-0.25, -0.2) is 4.79 Å². The average molecular weight is 262 g/mol. The third-order valence-corrected chi connectivity index (χ3v) is 3.73. The molecule has 4 heteroatoms. The second kappa shape index (κ2) is 5.24. The lowest BCUT2D eigenvalue weighted by Crippen LogP contribution is -2.54. The molecule has 0 spiro atoms. The molecule has 0 saturated carbocycles. The molecular formula is C15H22N2O2. The third kappa shape index (κ3) is 3.28. The predicted molar refractivity (Wildman–Crippen MR) is 72.4 cm³/mol. The van der Waals surface area contributed by atoms with Gasteiger partial charge in [0.2, 0.25) is 0 Å². The highest BCUT2D eigenvalue weighted by atomic mass is 16.6. The number of nitrogens with zero attached hydrogens (tertiary/aromatic N) is 2. The highest BCUT2D eigenvalue weighted by Crippen LogP contribution is 2.37. The second-order valence-electron chi connectivity index (χ2n) is 6.47. The Hall–Kier alpha value is -1.50. The lowest BCUT2D eigenvalue weighted by Gasteiger charge is -2.46. The quantitative estimate of drug-likeness (QED) is 0.629. The number of hydrogen-bond acceptors (Lipinski definition) is 3. The van der Waals surface area contributed by atoms with Crippen LogP contribution in [0.2, 0.25) is 0 Å². The zero-order chi connectivity index (χ0) is 14.0. The number of carbonyl (C=O) groups excluding carboxylic acids is 1. The minimum absolute atomic E-state index is 0.196. The summed E-state index contributed by atoms with van der Waals surface area (Å²) in [5.74, 6) is 0. The Balaban J connectivity index is 2.12. The molecule has 2 fully saturated rings. The van der Waals surface area contributed by atoms with E-state index in [9.17, 15) is 4.79 Å². The number of rotatable bonds is 0. The van der Waals surface area contributed by atoms with E-state index < -0.39 is 5.60 Å². The van der Waals surface area contributed by atoms with Crippen LogP contribution in [0, 0.1) is 11.3 Å². The van der Waals surface area contributed by atoms with Crippen LogP contribution in [0.5, 0.6) is 0 Å². The van der Waals surface area contributed by atoms with E-state index in [1.807, 2.05) is 25.7 Å². The Morgan fingerprint density at radius 1 is 1.37 bits per heavy atom. The largest absolute Gasteiger partial charge is 0.444 e. The van der Waals surface area contributed by atoms with Gasteiger partial charge in [-0.15, -0.1) is 0 Å². The van der Waals surface area contributed by atoms with Crippen molar-refractivity contribution in [2.24, 2.45) is 0 Å². The third-order valence-electron chi connectivity index (χ3n) is 3.73. The summed E-state index contributed by atoms with van der Waals surface area (Å²) in [4.78, 5) is 14.2. The lowest BCUT2D eigenvalue weighted by atomic mass is 9.82. The Morgan fingerprint density at radius 3 is 2.42 bits per heavy atom. The molecular weight excluding hydrogens is 240 g/mol. The van der Waals surface area contributed by atoms with Crippen molar-refractivity contribution in [2.45, 2.75) is 70.6 Å². The van der Waals surface area contributed by atoms with Gasteiger partial charge in [-0.05, 0) is 52.9 Å². The average Bonchev–Trinajstić information content (AvgIpc) is 2.25. The molecule has 0 aromatic rings. The second-order valence-corrected chi connectivity index (χ2v) is 6.47. The standard InChI is InChI=1S/C15H22N2O2/c1-15(2,3)19-14(18)17-12-5-4-6-13(17)10-11(9-12)7-8-16/h7,12-13H,4-6,9-10H2,1-3H3. The molecule has 1 amide bonds. The molecule has 2 atom stereocenters. The van der Waals surface area contributed by atoms with Gasteiger partial charge in [0.25, 0.3) is 0 Å². The van der Waals surface area contributed by atoms with Gasteiger partial charge in [0, 0.05) is 18.2 Å². The molecule has 2 saturated heterocycles. The molecule has 2 unspecified atom stereocenters. The van der Waals surface area contributed by atoms with E-state index in [0.717, 1.165) is 32.1 Å². The van der Waals surface area contributed by atoms with Crippen LogP contribution in [0.15, 0.2) is 11.6 Å². The Labute approximate surface area is 115 Å². The Morgan fingerprint density at radius 2 is 1.95 bits per heavy atom. The summed E-state index contributed by atoms with van der Waals surface area (Å²) in [6.45, 7) is 5.68. The molecule has 19 heavy (non-hydrogen) atoms. The van der Waals surface area contributed by atoms with Crippen LogP contribution in [0.1, 0.15) is 52.9 Å². The van der Waals surface area contributed by atoms with Crippen LogP contribution in [0.3, 0.4) is 0 Å². The Kier molecular flexibility index (Phi) is 3.84. The molecule has 2 heterocycles. The number of allylic oxidation sites excluding steroid dienone is 1. The Bertz CT molecular complexity index is 412. The van der Waals surface area contributed by atoms with Crippen molar-refractivity contribution in [2.75, 3.05) is 0 Å². The molecule has 2 aliphatic rings. The fraction of sp³-hybridized carbons (Fsp3) is 0.733. The summed E-state index contributed by atoms with van der Waals surface area (Å²) in [6, 6.07) is 2.53. The van der Waals surface area contributed by atoms with Crippen molar-refractivity contribution in [1.29, 1.82) is 5.26 Å². The molecule has 0 aromatic carbocycles. The van der Waals surface area contributed by atoms with Crippen molar-refractivity contribution in [3.8, 4) is 6.07 Å². The molecule has 0 aliphatic carbocycles. The molecule has 2 bridgehead atoms. The van der Waals surface area contributed by atoms with Crippen LogP contribution in [-0.2, 0) is 4.74 Å². The van der Waals surface area contributed by atoms with Gasteiger partial charge in [0.1, 0.15) is 5.60 Å². The first-order valence-electron chi connectivity index (χ1n) is 6.99. The van der Waals surface area contributed by atoms with E-state index in [4.69, 9.17) is 10.00 Å². The van der Waals surface area contributed by atoms with Gasteiger partial charge >= 0.3 is 6.09 Å². The van der Waals surface area contributed by atoms with Crippen molar-refractivity contribution in [3.63, 3.8) is 0 Å². The lowest BCUT2D eigenvalue weighted by molar-refractivity contribution is -0.0113. The molecule has 104 valence electrons. The van der Waals surface area contributed by atoms with Crippen molar-refractivity contribution >= 4 is 6.09 Å². The number of hydrogen-bond donors (Lipinski definition) is 0. The smallest absolute Gasteiger partial charge is 0.410 e. The van der Waals surface area contributed by atoms with E-state index in [1.54, 1.807) is 6.08 Å². The zero-order valence-corrected chi connectivity index (χ0v) is 12.0. The minimum Gasteiger partial charge on any atom is -0.444 e. The fourth-order valence-corrected chi connectivity index (χ4v) is 3.08. The monoisotopic (exact) mass is 262 g/mol. The summed E-state index contributed by atoms with van der Waals surface area (Å²) in [5.41, 5.74) is 0.728. The first kappa shape index (κ1) is 13.9. The predicted octanol–water partition coefficient (Wildman–Crippen LogP) is 3.39. The normalized spacial score (nSPS) is 26.6. The van der Waals surface area contributed by atoms with E-state index >= 15 is 0 Å². The van der Waals surface area contributed by atoms with Crippen LogP contribution < -0.4 is 0 Å². The van der Waals surface area contributed by atoms with Gasteiger partial charge < -0.3 is 9.64 Å². The van der Waals surface area contributed by atoms with Crippen LogP contribution in [0.25, 0.3) is 0 Å². The van der Waals surface area contributed by atoms with Gasteiger partial charge in [0.05, 0.1) is 6.07 Å². The van der Waals surface area contributed by atoms with Gasteiger partial charge in [-0.2, -0.15) is 5.26 Å². The zero-order valence-electron chi connectivity index (χ0n) is 12.0. The van der Waals surface area contributed by atoms with Crippen LogP contribution in [0.4, 0.5) is 4.79 Å². The summed E-state index contributed by atoms with van der Waals surface area (Å²) < 4.78 is 5.51. The number of nitriles is 1. The van der Waals surface area contributed by atoms with Crippen molar-refractivity contribution < 1.29 is 9.53 Å². The van der Waals surface area contributed by atoms with Gasteiger partial charge in [-0.3, -0.25) is 0 Å². The molecule has 2 aliphatic heterocycles. The molecule has 0 aromatic heterocycles. The first-order valence-corrected chi connectivity index (χ1v) is 6.99. The number of carbonyl (C=O) groups is 1. The fourth-order valence-electron chi connectivity index (χ4n) is 3.08. The summed E-state index contributed by atoms with van der Waals surface area (Å²) in [6.07, 6.45) is 6.29. The molecule has 0 N–H and O–H groups in total. The topological polar surface area (TPSA) is 53.3 Å². The maximum absolute atomic E-state index is 12.3. The number of amides is 1. The van der Waals surface area contributed by atoms with E-state index in [1.165, 1.54) is 5.57 Å². The SMILES string of the molecule is CC(C)(C)OC(=O)N1C2CCCC1CC(=CC#N)C2. The van der Waals surface area contributed by atoms with E-state index in [0.29, 0.717) is 0 Å². The summed E-state index contributed by atoms with van der Waals surface area (Å²) in [7, 11) is 0. The number of fused-ring (bicyclic) bond motifs is 2. The molecule has 2 rings (SSSR count). The molecule has 0 radical (unpaired) electrons. The number of piperidine rings is 2. The van der Waals surface area contributed by atoms with E-state index in [-0.39, 0.29) is 18.2 Å². The van der Waals surface area contributed by atoms with Crippen molar-refractivity contribution in [1.82, 2.24) is 4.90 Å².